The maximum absolute atomic E-state index is 11.8. The predicted octanol–water partition coefficient (Wildman–Crippen LogP) is 0.853. The second-order valence-electron chi connectivity index (χ2n) is 4.66. The van der Waals surface area contributed by atoms with Gasteiger partial charge < -0.3 is 10.2 Å². The van der Waals surface area contributed by atoms with Gasteiger partial charge in [-0.2, -0.15) is 0 Å². The number of hydrogen-bond acceptors (Lipinski definition) is 2. The average molecular weight is 196 g/mol. The number of rotatable bonds is 3. The van der Waals surface area contributed by atoms with Crippen molar-refractivity contribution in [3.63, 3.8) is 0 Å². The zero-order valence-electron chi connectivity index (χ0n) is 9.12. The van der Waals surface area contributed by atoms with Crippen molar-refractivity contribution in [1.29, 1.82) is 0 Å². The molecule has 0 radical (unpaired) electrons. The third-order valence-electron chi connectivity index (χ3n) is 3.89. The smallest absolute Gasteiger partial charge is 0.227 e. The summed E-state index contributed by atoms with van der Waals surface area (Å²) in [5.41, 5.74) is 0. The van der Waals surface area contributed by atoms with E-state index in [9.17, 15) is 4.79 Å². The van der Waals surface area contributed by atoms with Crippen molar-refractivity contribution in [1.82, 2.24) is 10.2 Å². The third kappa shape index (κ3) is 1.54. The van der Waals surface area contributed by atoms with Gasteiger partial charge in [0.05, 0.1) is 5.92 Å². The highest BCUT2D eigenvalue weighted by Gasteiger charge is 2.40. The van der Waals surface area contributed by atoms with Crippen molar-refractivity contribution in [2.24, 2.45) is 11.8 Å². The molecule has 0 bridgehead atoms. The molecule has 1 aliphatic heterocycles. The van der Waals surface area contributed by atoms with E-state index < -0.39 is 0 Å². The van der Waals surface area contributed by atoms with Gasteiger partial charge in [-0.05, 0) is 32.2 Å². The fraction of sp³-hybridized carbons (Fsp3) is 0.909. The van der Waals surface area contributed by atoms with E-state index in [1.165, 1.54) is 19.3 Å². The summed E-state index contributed by atoms with van der Waals surface area (Å²) in [6.07, 6.45) is 4.99. The molecule has 1 aliphatic carbocycles. The number of nitrogens with one attached hydrogen (secondary N) is 1. The van der Waals surface area contributed by atoms with Gasteiger partial charge in [0.2, 0.25) is 5.91 Å². The highest BCUT2D eigenvalue weighted by Crippen LogP contribution is 2.35. The molecule has 0 aromatic heterocycles. The minimum absolute atomic E-state index is 0.246. The molecule has 1 heterocycles. The van der Waals surface area contributed by atoms with Gasteiger partial charge in [-0.3, -0.25) is 4.79 Å². The topological polar surface area (TPSA) is 32.3 Å². The SMILES string of the molecule is CNC(C1CCC1)C1CCN(C)C1=O. The van der Waals surface area contributed by atoms with Crippen LogP contribution < -0.4 is 5.32 Å². The third-order valence-corrected chi connectivity index (χ3v) is 3.89. The van der Waals surface area contributed by atoms with Crippen molar-refractivity contribution >= 4 is 5.91 Å². The lowest BCUT2D eigenvalue weighted by Crippen LogP contribution is -2.45. The van der Waals surface area contributed by atoms with E-state index in [1.54, 1.807) is 0 Å². The van der Waals surface area contributed by atoms with Crippen LogP contribution in [0.15, 0.2) is 0 Å². The minimum atomic E-state index is 0.246. The Labute approximate surface area is 85.8 Å². The first kappa shape index (κ1) is 9.97. The van der Waals surface area contributed by atoms with E-state index in [1.807, 2.05) is 19.0 Å². The Hall–Kier alpha value is -0.570. The van der Waals surface area contributed by atoms with E-state index in [-0.39, 0.29) is 5.92 Å². The van der Waals surface area contributed by atoms with Gasteiger partial charge in [-0.25, -0.2) is 0 Å². The molecular formula is C11H20N2O. The van der Waals surface area contributed by atoms with E-state index in [2.05, 4.69) is 5.32 Å². The van der Waals surface area contributed by atoms with Gasteiger partial charge in [0.15, 0.2) is 0 Å². The first-order valence-corrected chi connectivity index (χ1v) is 5.66. The number of carbonyl (C=O) groups excluding carboxylic acids is 1. The number of hydrogen-bond donors (Lipinski definition) is 1. The van der Waals surface area contributed by atoms with Crippen LogP contribution in [0.3, 0.4) is 0 Å². The molecular weight excluding hydrogens is 176 g/mol. The van der Waals surface area contributed by atoms with Crippen LogP contribution in [0.25, 0.3) is 0 Å². The molecule has 2 aliphatic rings. The van der Waals surface area contributed by atoms with Crippen LogP contribution in [-0.4, -0.2) is 37.5 Å². The van der Waals surface area contributed by atoms with Crippen molar-refractivity contribution in [2.45, 2.75) is 31.7 Å². The first-order chi connectivity index (χ1) is 6.74. The molecule has 0 aromatic carbocycles. The molecule has 3 heteroatoms. The molecule has 2 rings (SSSR count). The number of carbonyl (C=O) groups is 1. The van der Waals surface area contributed by atoms with Crippen molar-refractivity contribution in [3.8, 4) is 0 Å². The van der Waals surface area contributed by atoms with Crippen LogP contribution in [0.1, 0.15) is 25.7 Å². The zero-order valence-corrected chi connectivity index (χ0v) is 9.12. The Balaban J connectivity index is 2.00. The molecule has 0 aromatic rings. The Morgan fingerprint density at radius 2 is 2.14 bits per heavy atom. The highest BCUT2D eigenvalue weighted by molar-refractivity contribution is 5.81. The molecule has 1 N–H and O–H groups in total. The molecule has 1 saturated carbocycles. The maximum atomic E-state index is 11.8. The maximum Gasteiger partial charge on any atom is 0.227 e. The Morgan fingerprint density at radius 1 is 1.43 bits per heavy atom. The van der Waals surface area contributed by atoms with Gasteiger partial charge >= 0.3 is 0 Å². The van der Waals surface area contributed by atoms with Crippen LogP contribution in [0, 0.1) is 11.8 Å². The van der Waals surface area contributed by atoms with Gasteiger partial charge in [-0.1, -0.05) is 6.42 Å². The van der Waals surface area contributed by atoms with Crippen molar-refractivity contribution in [3.05, 3.63) is 0 Å². The number of likely N-dealkylation sites (tertiary alicyclic amines) is 1. The molecule has 80 valence electrons. The normalized spacial score (nSPS) is 30.6. The Morgan fingerprint density at radius 3 is 2.50 bits per heavy atom. The molecule has 0 spiro atoms. The fourth-order valence-corrected chi connectivity index (χ4v) is 2.75. The second-order valence-corrected chi connectivity index (χ2v) is 4.66. The van der Waals surface area contributed by atoms with Gasteiger partial charge in [0.1, 0.15) is 0 Å². The molecule has 2 atom stereocenters. The largest absolute Gasteiger partial charge is 0.345 e. The zero-order chi connectivity index (χ0) is 10.1. The summed E-state index contributed by atoms with van der Waals surface area (Å²) in [7, 11) is 3.91. The number of amides is 1. The van der Waals surface area contributed by atoms with Gasteiger partial charge in [0, 0.05) is 19.6 Å². The minimum Gasteiger partial charge on any atom is -0.345 e. The summed E-state index contributed by atoms with van der Waals surface area (Å²) < 4.78 is 0. The van der Waals surface area contributed by atoms with Crippen LogP contribution in [-0.2, 0) is 4.79 Å². The molecule has 2 fully saturated rings. The van der Waals surface area contributed by atoms with E-state index in [0.717, 1.165) is 18.9 Å². The molecule has 14 heavy (non-hydrogen) atoms. The van der Waals surface area contributed by atoms with Crippen LogP contribution in [0.2, 0.25) is 0 Å². The summed E-state index contributed by atoms with van der Waals surface area (Å²) in [5.74, 6) is 1.34. The monoisotopic (exact) mass is 196 g/mol. The molecule has 2 unspecified atom stereocenters. The lowest BCUT2D eigenvalue weighted by atomic mass is 9.74. The summed E-state index contributed by atoms with van der Waals surface area (Å²) in [6.45, 7) is 0.939. The van der Waals surface area contributed by atoms with E-state index in [0.29, 0.717) is 11.9 Å². The van der Waals surface area contributed by atoms with Gasteiger partial charge in [-0.15, -0.1) is 0 Å². The fourth-order valence-electron chi connectivity index (χ4n) is 2.75. The molecule has 3 nitrogen and oxygen atoms in total. The standard InChI is InChI=1S/C11H20N2O/c1-12-10(8-4-3-5-8)9-6-7-13(2)11(9)14/h8-10,12H,3-7H2,1-2H3. The lowest BCUT2D eigenvalue weighted by molar-refractivity contribution is -0.131. The quantitative estimate of drug-likeness (QED) is 0.726. The molecule has 1 saturated heterocycles. The average Bonchev–Trinajstić information content (AvgIpc) is 2.41. The van der Waals surface area contributed by atoms with Gasteiger partial charge in [0.25, 0.3) is 0 Å². The summed E-state index contributed by atoms with van der Waals surface area (Å²) >= 11 is 0. The van der Waals surface area contributed by atoms with Crippen LogP contribution >= 0.6 is 0 Å². The first-order valence-electron chi connectivity index (χ1n) is 5.66. The van der Waals surface area contributed by atoms with Crippen molar-refractivity contribution < 1.29 is 4.79 Å². The summed E-state index contributed by atoms with van der Waals surface area (Å²) in [6, 6.07) is 0.432. The van der Waals surface area contributed by atoms with E-state index in [4.69, 9.17) is 0 Å². The second kappa shape index (κ2) is 3.89. The summed E-state index contributed by atoms with van der Waals surface area (Å²) in [5, 5.41) is 3.35. The number of nitrogens with zero attached hydrogens (tertiary/aromatic N) is 1. The highest BCUT2D eigenvalue weighted by atomic mass is 16.2. The summed E-state index contributed by atoms with van der Waals surface area (Å²) in [4.78, 5) is 13.7. The van der Waals surface area contributed by atoms with Crippen LogP contribution in [0.5, 0.6) is 0 Å². The Kier molecular flexibility index (Phi) is 2.77. The lowest BCUT2D eigenvalue weighted by Gasteiger charge is -2.36. The van der Waals surface area contributed by atoms with E-state index >= 15 is 0 Å². The predicted molar refractivity (Wildman–Crippen MR) is 55.9 cm³/mol. The van der Waals surface area contributed by atoms with Crippen molar-refractivity contribution in [2.75, 3.05) is 20.6 Å². The Bertz CT molecular complexity index is 225. The molecule has 1 amide bonds. The van der Waals surface area contributed by atoms with Crippen LogP contribution in [0.4, 0.5) is 0 Å².